The second kappa shape index (κ2) is 4.70. The number of aryl methyl sites for hydroxylation is 1. The molecule has 2 aromatic rings. The van der Waals surface area contributed by atoms with E-state index in [1.165, 1.54) is 6.20 Å². The zero-order valence-corrected chi connectivity index (χ0v) is 9.66. The summed E-state index contributed by atoms with van der Waals surface area (Å²) in [5, 5.41) is 11.0. The molecule has 1 heterocycles. The van der Waals surface area contributed by atoms with Gasteiger partial charge in [0.1, 0.15) is 5.75 Å². The Morgan fingerprint density at radius 3 is 2.56 bits per heavy atom. The van der Waals surface area contributed by atoms with Gasteiger partial charge in [0, 0.05) is 17.4 Å². The fourth-order valence-corrected chi connectivity index (χ4v) is 1.47. The van der Waals surface area contributed by atoms with Gasteiger partial charge >= 0.3 is 5.69 Å². The summed E-state index contributed by atoms with van der Waals surface area (Å²) in [6.07, 6.45) is 1.47. The van der Waals surface area contributed by atoms with Crippen LogP contribution in [0.5, 0.6) is 11.6 Å². The van der Waals surface area contributed by atoms with Crippen LogP contribution < -0.4 is 10.5 Å². The monoisotopic (exact) mass is 245 g/mol. The number of nitro groups is 1. The molecule has 2 N–H and O–H groups in total. The van der Waals surface area contributed by atoms with Crippen molar-refractivity contribution in [1.82, 2.24) is 4.98 Å². The lowest BCUT2D eigenvalue weighted by atomic mass is 10.2. The number of rotatable bonds is 3. The molecule has 6 nitrogen and oxygen atoms in total. The third kappa shape index (κ3) is 2.37. The maximum atomic E-state index is 11.0. The van der Waals surface area contributed by atoms with Crippen molar-refractivity contribution in [2.24, 2.45) is 0 Å². The van der Waals surface area contributed by atoms with Crippen molar-refractivity contribution >= 4 is 11.4 Å². The summed E-state index contributed by atoms with van der Waals surface area (Å²) in [7, 11) is 0. The number of pyridine rings is 1. The van der Waals surface area contributed by atoms with E-state index in [1.807, 2.05) is 0 Å². The first-order valence-electron chi connectivity index (χ1n) is 5.21. The number of aromatic nitrogens is 1. The van der Waals surface area contributed by atoms with Crippen LogP contribution in [0.15, 0.2) is 36.5 Å². The molecule has 0 aliphatic heterocycles. The van der Waals surface area contributed by atoms with Crippen molar-refractivity contribution in [2.75, 3.05) is 5.73 Å². The van der Waals surface area contributed by atoms with E-state index in [-0.39, 0.29) is 11.6 Å². The van der Waals surface area contributed by atoms with Crippen LogP contribution in [0.4, 0.5) is 11.4 Å². The van der Waals surface area contributed by atoms with E-state index >= 15 is 0 Å². The first-order chi connectivity index (χ1) is 8.58. The summed E-state index contributed by atoms with van der Waals surface area (Å²) >= 11 is 0. The molecule has 2 rings (SSSR count). The van der Waals surface area contributed by atoms with Gasteiger partial charge in [0.15, 0.2) is 0 Å². The van der Waals surface area contributed by atoms with Crippen LogP contribution in [0.2, 0.25) is 0 Å². The van der Waals surface area contributed by atoms with Crippen molar-refractivity contribution in [3.05, 3.63) is 52.2 Å². The van der Waals surface area contributed by atoms with E-state index in [1.54, 1.807) is 37.3 Å². The van der Waals surface area contributed by atoms with Crippen LogP contribution in [-0.4, -0.2) is 9.91 Å². The molecule has 18 heavy (non-hydrogen) atoms. The fourth-order valence-electron chi connectivity index (χ4n) is 1.47. The highest BCUT2D eigenvalue weighted by Crippen LogP contribution is 2.31. The summed E-state index contributed by atoms with van der Waals surface area (Å²) in [6.45, 7) is 1.63. The molecule has 0 unspecified atom stereocenters. The van der Waals surface area contributed by atoms with Crippen LogP contribution in [0.3, 0.4) is 0 Å². The highest BCUT2D eigenvalue weighted by atomic mass is 16.6. The average molecular weight is 245 g/mol. The van der Waals surface area contributed by atoms with E-state index in [9.17, 15) is 10.1 Å². The first kappa shape index (κ1) is 11.8. The lowest BCUT2D eigenvalue weighted by molar-refractivity contribution is -0.386. The quantitative estimate of drug-likeness (QED) is 0.510. The summed E-state index contributed by atoms with van der Waals surface area (Å²) in [6, 6.07) is 8.12. The Bertz CT molecular complexity index is 582. The van der Waals surface area contributed by atoms with Crippen LogP contribution in [-0.2, 0) is 0 Å². The summed E-state index contributed by atoms with van der Waals surface area (Å²) in [5.41, 5.74) is 6.50. The lowest BCUT2D eigenvalue weighted by Gasteiger charge is -2.06. The molecule has 6 heteroatoms. The van der Waals surface area contributed by atoms with Gasteiger partial charge in [0.05, 0.1) is 4.92 Å². The van der Waals surface area contributed by atoms with Gasteiger partial charge < -0.3 is 10.5 Å². The van der Waals surface area contributed by atoms with Crippen LogP contribution in [0.25, 0.3) is 0 Å². The van der Waals surface area contributed by atoms with Gasteiger partial charge in [-0.05, 0) is 37.3 Å². The molecule has 0 radical (unpaired) electrons. The van der Waals surface area contributed by atoms with Gasteiger partial charge in [-0.25, -0.2) is 4.98 Å². The number of nitrogens with two attached hydrogens (primary N) is 1. The Morgan fingerprint density at radius 2 is 1.94 bits per heavy atom. The van der Waals surface area contributed by atoms with E-state index in [0.29, 0.717) is 17.0 Å². The molecule has 92 valence electrons. The smallest absolute Gasteiger partial charge is 0.334 e. The molecule has 0 bridgehead atoms. The Hall–Kier alpha value is -2.63. The number of hydrogen-bond acceptors (Lipinski definition) is 5. The first-order valence-corrected chi connectivity index (χ1v) is 5.21. The molecule has 0 aliphatic carbocycles. The van der Waals surface area contributed by atoms with E-state index in [4.69, 9.17) is 10.5 Å². The molecule has 1 aromatic carbocycles. The van der Waals surface area contributed by atoms with Crippen LogP contribution in [0.1, 0.15) is 5.56 Å². The zero-order chi connectivity index (χ0) is 13.1. The molecule has 0 spiro atoms. The summed E-state index contributed by atoms with van der Waals surface area (Å²) in [5.74, 6) is 0.426. The number of hydrogen-bond donors (Lipinski definition) is 1. The minimum Gasteiger partial charge on any atom is -0.434 e. The molecule has 0 saturated carbocycles. The highest BCUT2D eigenvalue weighted by molar-refractivity contribution is 5.50. The van der Waals surface area contributed by atoms with Crippen molar-refractivity contribution in [2.45, 2.75) is 6.92 Å². The normalized spacial score (nSPS) is 10.1. The van der Waals surface area contributed by atoms with Gasteiger partial charge in [-0.2, -0.15) is 0 Å². The molecular formula is C12H11N3O3. The van der Waals surface area contributed by atoms with Gasteiger partial charge in [-0.1, -0.05) is 0 Å². The van der Waals surface area contributed by atoms with Crippen molar-refractivity contribution < 1.29 is 9.66 Å². The van der Waals surface area contributed by atoms with Gasteiger partial charge in [0.25, 0.3) is 5.88 Å². The fraction of sp³-hybridized carbons (Fsp3) is 0.0833. The standard InChI is InChI=1S/C12H11N3O3/c1-8-6-7-14-12(11(8)15(16)17)18-10-4-2-9(13)3-5-10/h2-7H,13H2,1H3. The predicted octanol–water partition coefficient (Wildman–Crippen LogP) is 2.67. The molecule has 0 atom stereocenters. The number of anilines is 1. The Morgan fingerprint density at radius 1 is 1.28 bits per heavy atom. The maximum Gasteiger partial charge on any atom is 0.334 e. The summed E-state index contributed by atoms with van der Waals surface area (Å²) < 4.78 is 5.40. The van der Waals surface area contributed by atoms with Crippen molar-refractivity contribution in [1.29, 1.82) is 0 Å². The SMILES string of the molecule is Cc1ccnc(Oc2ccc(N)cc2)c1[N+](=O)[O-]. The van der Waals surface area contributed by atoms with E-state index in [0.717, 1.165) is 0 Å². The molecule has 0 amide bonds. The largest absolute Gasteiger partial charge is 0.434 e. The van der Waals surface area contributed by atoms with E-state index < -0.39 is 4.92 Å². The van der Waals surface area contributed by atoms with Gasteiger partial charge in [-0.15, -0.1) is 0 Å². The molecule has 1 aromatic heterocycles. The number of nitrogens with zero attached hydrogens (tertiary/aromatic N) is 2. The molecule has 0 fully saturated rings. The highest BCUT2D eigenvalue weighted by Gasteiger charge is 2.20. The Kier molecular flexibility index (Phi) is 3.09. The second-order valence-corrected chi connectivity index (χ2v) is 3.71. The van der Waals surface area contributed by atoms with Crippen LogP contribution in [0, 0.1) is 17.0 Å². The minimum absolute atomic E-state index is 0.0234. The minimum atomic E-state index is -0.505. The average Bonchev–Trinajstić information content (AvgIpc) is 2.32. The predicted molar refractivity (Wildman–Crippen MR) is 66.6 cm³/mol. The van der Waals surface area contributed by atoms with Crippen molar-refractivity contribution in [3.8, 4) is 11.6 Å². The maximum absolute atomic E-state index is 11.0. The zero-order valence-electron chi connectivity index (χ0n) is 9.66. The molecule has 0 saturated heterocycles. The topological polar surface area (TPSA) is 91.3 Å². The molecular weight excluding hydrogens is 234 g/mol. The van der Waals surface area contributed by atoms with E-state index in [2.05, 4.69) is 4.98 Å². The third-order valence-electron chi connectivity index (χ3n) is 2.37. The lowest BCUT2D eigenvalue weighted by Crippen LogP contribution is -1.98. The third-order valence-corrected chi connectivity index (χ3v) is 2.37. The number of nitrogen functional groups attached to an aromatic ring is 1. The number of benzene rings is 1. The van der Waals surface area contributed by atoms with Crippen molar-refractivity contribution in [3.63, 3.8) is 0 Å². The van der Waals surface area contributed by atoms with Gasteiger partial charge in [0.2, 0.25) is 0 Å². The second-order valence-electron chi connectivity index (χ2n) is 3.71. The molecule has 0 aliphatic rings. The van der Waals surface area contributed by atoms with Crippen LogP contribution >= 0.6 is 0 Å². The number of ether oxygens (including phenoxy) is 1. The Labute approximate surface area is 103 Å². The summed E-state index contributed by atoms with van der Waals surface area (Å²) in [4.78, 5) is 14.3. The van der Waals surface area contributed by atoms with Gasteiger partial charge in [-0.3, -0.25) is 10.1 Å². The Balaban J connectivity index is 2.37.